The summed E-state index contributed by atoms with van der Waals surface area (Å²) in [6.45, 7) is 5.90. The van der Waals surface area contributed by atoms with Crippen LogP contribution >= 0.6 is 0 Å². The standard InChI is InChI=1S/C19H22N2O2/c1-14-9-10-18(15(2)11-14)21(16(3)22)13-19(23)20-12-17-7-5-4-6-8-17/h4-11H,12-13H2,1-3H3,(H,20,23). The number of carbonyl (C=O) groups excluding carboxylic acids is 2. The van der Waals surface area contributed by atoms with E-state index in [1.54, 1.807) is 0 Å². The SMILES string of the molecule is CC(=O)N(CC(=O)NCc1ccccc1)c1ccc(C)cc1C. The maximum Gasteiger partial charge on any atom is 0.240 e. The fourth-order valence-corrected chi connectivity index (χ4v) is 2.47. The molecule has 0 aliphatic heterocycles. The zero-order chi connectivity index (χ0) is 16.8. The minimum atomic E-state index is -0.177. The Bertz CT molecular complexity index is 696. The first-order valence-corrected chi connectivity index (χ1v) is 7.63. The molecule has 0 saturated heterocycles. The molecular formula is C19H22N2O2. The molecule has 0 aliphatic carbocycles. The van der Waals surface area contributed by atoms with Gasteiger partial charge in [-0.15, -0.1) is 0 Å². The summed E-state index contributed by atoms with van der Waals surface area (Å²) in [6.07, 6.45) is 0. The van der Waals surface area contributed by atoms with Crippen molar-refractivity contribution in [3.63, 3.8) is 0 Å². The Labute approximate surface area is 137 Å². The van der Waals surface area contributed by atoms with Crippen molar-refractivity contribution in [2.24, 2.45) is 0 Å². The van der Waals surface area contributed by atoms with Gasteiger partial charge in [0.1, 0.15) is 6.54 Å². The third-order valence-electron chi connectivity index (χ3n) is 3.66. The van der Waals surface area contributed by atoms with Crippen molar-refractivity contribution in [1.82, 2.24) is 5.32 Å². The first-order valence-electron chi connectivity index (χ1n) is 7.63. The molecule has 0 unspecified atom stereocenters. The molecule has 1 N–H and O–H groups in total. The van der Waals surface area contributed by atoms with Gasteiger partial charge in [-0.25, -0.2) is 0 Å². The van der Waals surface area contributed by atoms with Gasteiger partial charge in [0.25, 0.3) is 0 Å². The van der Waals surface area contributed by atoms with E-state index in [2.05, 4.69) is 5.32 Å². The molecule has 0 aliphatic rings. The summed E-state index contributed by atoms with van der Waals surface area (Å²) in [6, 6.07) is 15.5. The number of hydrogen-bond acceptors (Lipinski definition) is 2. The Morgan fingerprint density at radius 1 is 1.04 bits per heavy atom. The number of carbonyl (C=O) groups is 2. The van der Waals surface area contributed by atoms with Gasteiger partial charge in [-0.1, -0.05) is 48.0 Å². The van der Waals surface area contributed by atoms with E-state index in [9.17, 15) is 9.59 Å². The van der Waals surface area contributed by atoms with E-state index in [1.807, 2.05) is 62.4 Å². The van der Waals surface area contributed by atoms with E-state index >= 15 is 0 Å². The highest BCUT2D eigenvalue weighted by Crippen LogP contribution is 2.21. The predicted octanol–water partition coefficient (Wildman–Crippen LogP) is 2.97. The van der Waals surface area contributed by atoms with Crippen LogP contribution in [-0.4, -0.2) is 18.4 Å². The van der Waals surface area contributed by atoms with E-state index in [-0.39, 0.29) is 18.4 Å². The molecular weight excluding hydrogens is 288 g/mol. The van der Waals surface area contributed by atoms with Crippen LogP contribution in [0.4, 0.5) is 5.69 Å². The van der Waals surface area contributed by atoms with Crippen molar-refractivity contribution in [1.29, 1.82) is 0 Å². The molecule has 0 spiro atoms. The Morgan fingerprint density at radius 2 is 1.74 bits per heavy atom. The first-order chi connectivity index (χ1) is 11.0. The number of rotatable bonds is 5. The van der Waals surface area contributed by atoms with Gasteiger partial charge in [0.05, 0.1) is 0 Å². The van der Waals surface area contributed by atoms with Crippen LogP contribution in [0.2, 0.25) is 0 Å². The molecule has 2 aromatic carbocycles. The van der Waals surface area contributed by atoms with Gasteiger partial charge in [-0.2, -0.15) is 0 Å². The van der Waals surface area contributed by atoms with E-state index < -0.39 is 0 Å². The molecule has 120 valence electrons. The lowest BCUT2D eigenvalue weighted by Crippen LogP contribution is -2.40. The molecule has 0 heterocycles. The summed E-state index contributed by atoms with van der Waals surface area (Å²) in [5, 5.41) is 2.85. The molecule has 4 heteroatoms. The number of hydrogen-bond donors (Lipinski definition) is 1. The first kappa shape index (κ1) is 16.7. The van der Waals surface area contributed by atoms with Crippen molar-refractivity contribution in [3.8, 4) is 0 Å². The average Bonchev–Trinajstić information content (AvgIpc) is 2.52. The fraction of sp³-hybridized carbons (Fsp3) is 0.263. The Hall–Kier alpha value is -2.62. The molecule has 2 aromatic rings. The number of anilines is 1. The van der Waals surface area contributed by atoms with Crippen molar-refractivity contribution >= 4 is 17.5 Å². The van der Waals surface area contributed by atoms with Gasteiger partial charge in [0, 0.05) is 19.2 Å². The van der Waals surface area contributed by atoms with Gasteiger partial charge in [-0.05, 0) is 31.0 Å². The molecule has 0 saturated carbocycles. The molecule has 0 aromatic heterocycles. The molecule has 0 atom stereocenters. The van der Waals surface area contributed by atoms with Gasteiger partial charge in [0.2, 0.25) is 11.8 Å². The van der Waals surface area contributed by atoms with Crippen LogP contribution in [0.5, 0.6) is 0 Å². The Balaban J connectivity index is 2.04. The normalized spacial score (nSPS) is 10.2. The van der Waals surface area contributed by atoms with Crippen LogP contribution in [0, 0.1) is 13.8 Å². The molecule has 2 rings (SSSR count). The number of nitrogens with zero attached hydrogens (tertiary/aromatic N) is 1. The van der Waals surface area contributed by atoms with Crippen molar-refractivity contribution in [2.45, 2.75) is 27.3 Å². The summed E-state index contributed by atoms with van der Waals surface area (Å²) in [5.41, 5.74) is 3.92. The number of aryl methyl sites for hydroxylation is 2. The predicted molar refractivity (Wildman–Crippen MR) is 92.2 cm³/mol. The Morgan fingerprint density at radius 3 is 2.35 bits per heavy atom. The second kappa shape index (κ2) is 7.58. The molecule has 2 amide bonds. The third kappa shape index (κ3) is 4.68. The number of amides is 2. The van der Waals surface area contributed by atoms with Crippen molar-refractivity contribution in [3.05, 3.63) is 65.2 Å². The van der Waals surface area contributed by atoms with Gasteiger partial charge >= 0.3 is 0 Å². The summed E-state index contributed by atoms with van der Waals surface area (Å²) in [7, 11) is 0. The lowest BCUT2D eigenvalue weighted by Gasteiger charge is -2.23. The lowest BCUT2D eigenvalue weighted by atomic mass is 10.1. The zero-order valence-corrected chi connectivity index (χ0v) is 13.8. The van der Waals surface area contributed by atoms with E-state index in [0.717, 1.165) is 22.4 Å². The van der Waals surface area contributed by atoms with Crippen LogP contribution in [0.15, 0.2) is 48.5 Å². The third-order valence-corrected chi connectivity index (χ3v) is 3.66. The smallest absolute Gasteiger partial charge is 0.240 e. The van der Waals surface area contributed by atoms with Crippen LogP contribution < -0.4 is 10.2 Å². The van der Waals surface area contributed by atoms with E-state index in [4.69, 9.17) is 0 Å². The molecule has 0 radical (unpaired) electrons. The largest absolute Gasteiger partial charge is 0.350 e. The van der Waals surface area contributed by atoms with Crippen LogP contribution in [-0.2, 0) is 16.1 Å². The topological polar surface area (TPSA) is 49.4 Å². The fourth-order valence-electron chi connectivity index (χ4n) is 2.47. The van der Waals surface area contributed by atoms with E-state index in [0.29, 0.717) is 6.54 Å². The van der Waals surface area contributed by atoms with Gasteiger partial charge < -0.3 is 10.2 Å². The van der Waals surface area contributed by atoms with Crippen molar-refractivity contribution in [2.75, 3.05) is 11.4 Å². The van der Waals surface area contributed by atoms with Crippen LogP contribution in [0.25, 0.3) is 0 Å². The minimum absolute atomic E-state index is 0.0199. The molecule has 4 nitrogen and oxygen atoms in total. The highest BCUT2D eigenvalue weighted by molar-refractivity contribution is 5.98. The van der Waals surface area contributed by atoms with Crippen LogP contribution in [0.3, 0.4) is 0 Å². The average molecular weight is 310 g/mol. The summed E-state index contributed by atoms with van der Waals surface area (Å²) >= 11 is 0. The lowest BCUT2D eigenvalue weighted by molar-refractivity contribution is -0.123. The second-order valence-corrected chi connectivity index (χ2v) is 5.66. The maximum absolute atomic E-state index is 12.2. The van der Waals surface area contributed by atoms with Crippen molar-refractivity contribution < 1.29 is 9.59 Å². The molecule has 23 heavy (non-hydrogen) atoms. The maximum atomic E-state index is 12.2. The summed E-state index contributed by atoms with van der Waals surface area (Å²) in [4.78, 5) is 25.6. The van der Waals surface area contributed by atoms with Gasteiger partial charge in [0.15, 0.2) is 0 Å². The minimum Gasteiger partial charge on any atom is -0.350 e. The monoisotopic (exact) mass is 310 g/mol. The van der Waals surface area contributed by atoms with E-state index in [1.165, 1.54) is 11.8 Å². The summed E-state index contributed by atoms with van der Waals surface area (Å²) < 4.78 is 0. The quantitative estimate of drug-likeness (QED) is 0.923. The molecule has 0 fully saturated rings. The zero-order valence-electron chi connectivity index (χ0n) is 13.8. The van der Waals surface area contributed by atoms with Gasteiger partial charge in [-0.3, -0.25) is 9.59 Å². The highest BCUT2D eigenvalue weighted by Gasteiger charge is 2.17. The summed E-state index contributed by atoms with van der Waals surface area (Å²) in [5.74, 6) is -0.323. The number of nitrogens with one attached hydrogen (secondary N) is 1. The highest BCUT2D eigenvalue weighted by atomic mass is 16.2. The number of benzene rings is 2. The Kier molecular flexibility index (Phi) is 5.52. The second-order valence-electron chi connectivity index (χ2n) is 5.66. The molecule has 0 bridgehead atoms. The van der Waals surface area contributed by atoms with Crippen LogP contribution in [0.1, 0.15) is 23.6 Å².